The Labute approximate surface area is 107 Å². The zero-order valence-electron chi connectivity index (χ0n) is 9.54. The third kappa shape index (κ3) is 2.17. The molecule has 18 heavy (non-hydrogen) atoms. The zero-order chi connectivity index (χ0) is 12.4. The second kappa shape index (κ2) is 4.70. The first-order valence-electron chi connectivity index (χ1n) is 5.55. The van der Waals surface area contributed by atoms with Gasteiger partial charge >= 0.3 is 0 Å². The van der Waals surface area contributed by atoms with E-state index in [1.807, 2.05) is 30.3 Å². The van der Waals surface area contributed by atoms with Crippen LogP contribution in [0.15, 0.2) is 53.9 Å². The van der Waals surface area contributed by atoms with Gasteiger partial charge in [0.05, 0.1) is 33.8 Å². The van der Waals surface area contributed by atoms with Crippen LogP contribution in [0.1, 0.15) is 5.56 Å². The Balaban J connectivity index is 1.88. The number of nitrogens with zero attached hydrogens (tertiary/aromatic N) is 2. The molecule has 2 heterocycles. The van der Waals surface area contributed by atoms with Gasteiger partial charge in [-0.2, -0.15) is 0 Å². The molecule has 0 bridgehead atoms. The summed E-state index contributed by atoms with van der Waals surface area (Å²) in [6.45, 7) is 0. The number of pyridine rings is 1. The first-order chi connectivity index (χ1) is 8.83. The smallest absolute Gasteiger partial charge is 0.197 e. The molecule has 0 saturated heterocycles. The van der Waals surface area contributed by atoms with Gasteiger partial charge in [0.2, 0.25) is 0 Å². The van der Waals surface area contributed by atoms with E-state index in [-0.39, 0.29) is 0 Å². The van der Waals surface area contributed by atoms with Gasteiger partial charge in [-0.05, 0) is 11.6 Å². The average Bonchev–Trinajstić information content (AvgIpc) is 2.84. The summed E-state index contributed by atoms with van der Waals surface area (Å²) < 4.78 is 12.2. The van der Waals surface area contributed by atoms with E-state index in [9.17, 15) is 4.21 Å². The molecule has 1 N–H and O–H groups in total. The van der Waals surface area contributed by atoms with Crippen molar-refractivity contribution in [3.05, 3.63) is 54.4 Å². The molecule has 2 aromatic heterocycles. The maximum atomic E-state index is 12.2. The Morgan fingerprint density at radius 2 is 2.00 bits per heavy atom. The monoisotopic (exact) mass is 257 g/mol. The highest BCUT2D eigenvalue weighted by Gasteiger charge is 2.10. The summed E-state index contributed by atoms with van der Waals surface area (Å²) >= 11 is 0. The standard InChI is InChI=1S/C13H11N3OS/c17-18(9-10-4-2-1-3-5-10)13-15-11-6-7-14-8-12(11)16-13/h1-8H,9H2,(H,15,16). The van der Waals surface area contributed by atoms with E-state index < -0.39 is 10.8 Å². The van der Waals surface area contributed by atoms with Gasteiger partial charge in [0.15, 0.2) is 5.16 Å². The van der Waals surface area contributed by atoms with Crippen LogP contribution in [0, 0.1) is 0 Å². The topological polar surface area (TPSA) is 58.6 Å². The number of fused-ring (bicyclic) bond motifs is 1. The van der Waals surface area contributed by atoms with Crippen LogP contribution >= 0.6 is 0 Å². The lowest BCUT2D eigenvalue weighted by molar-refractivity contribution is 0.677. The second-order valence-electron chi connectivity index (χ2n) is 3.91. The van der Waals surface area contributed by atoms with Crippen LogP contribution in [0.4, 0.5) is 0 Å². The molecule has 0 radical (unpaired) electrons. The molecule has 3 aromatic rings. The van der Waals surface area contributed by atoms with Crippen molar-refractivity contribution in [1.82, 2.24) is 15.0 Å². The van der Waals surface area contributed by atoms with Crippen LogP contribution in [0.5, 0.6) is 0 Å². The van der Waals surface area contributed by atoms with Crippen LogP contribution in [-0.2, 0) is 16.6 Å². The highest BCUT2D eigenvalue weighted by atomic mass is 32.2. The van der Waals surface area contributed by atoms with Crippen LogP contribution in [-0.4, -0.2) is 19.2 Å². The Hall–Kier alpha value is -2.01. The molecule has 1 aromatic carbocycles. The van der Waals surface area contributed by atoms with Crippen molar-refractivity contribution < 1.29 is 4.21 Å². The van der Waals surface area contributed by atoms with Gasteiger partial charge in [0.25, 0.3) is 0 Å². The quantitative estimate of drug-likeness (QED) is 0.783. The second-order valence-corrected chi connectivity index (χ2v) is 5.28. The zero-order valence-corrected chi connectivity index (χ0v) is 10.4. The van der Waals surface area contributed by atoms with Crippen molar-refractivity contribution in [3.63, 3.8) is 0 Å². The van der Waals surface area contributed by atoms with E-state index in [1.54, 1.807) is 18.5 Å². The molecule has 4 nitrogen and oxygen atoms in total. The van der Waals surface area contributed by atoms with Crippen LogP contribution in [0.25, 0.3) is 11.0 Å². The molecule has 90 valence electrons. The minimum Gasteiger partial charge on any atom is -0.330 e. The fourth-order valence-electron chi connectivity index (χ4n) is 1.74. The predicted octanol–water partition coefficient (Wildman–Crippen LogP) is 2.27. The molecule has 3 rings (SSSR count). The Kier molecular flexibility index (Phi) is 2.90. The molecule has 0 saturated carbocycles. The number of aromatic nitrogens is 3. The third-order valence-corrected chi connectivity index (χ3v) is 3.84. The number of rotatable bonds is 3. The minimum absolute atomic E-state index is 0.466. The summed E-state index contributed by atoms with van der Waals surface area (Å²) in [5.41, 5.74) is 2.64. The van der Waals surface area contributed by atoms with E-state index in [0.717, 1.165) is 16.6 Å². The molecular weight excluding hydrogens is 246 g/mol. The SMILES string of the molecule is O=S(Cc1ccccc1)c1nc2ccncc2[nH]1. The number of imidazole rings is 1. The number of hydrogen-bond acceptors (Lipinski definition) is 3. The molecule has 0 spiro atoms. The number of benzene rings is 1. The number of H-pyrrole nitrogens is 1. The Morgan fingerprint density at radius 1 is 1.17 bits per heavy atom. The summed E-state index contributed by atoms with van der Waals surface area (Å²) in [5, 5.41) is 0.502. The predicted molar refractivity (Wildman–Crippen MR) is 70.4 cm³/mol. The molecule has 0 fully saturated rings. The highest BCUT2D eigenvalue weighted by molar-refractivity contribution is 7.84. The van der Waals surface area contributed by atoms with Gasteiger partial charge in [-0.1, -0.05) is 30.3 Å². The van der Waals surface area contributed by atoms with Gasteiger partial charge in [-0.15, -0.1) is 0 Å². The maximum absolute atomic E-state index is 12.2. The lowest BCUT2D eigenvalue weighted by atomic mass is 10.2. The fourth-order valence-corrected chi connectivity index (χ4v) is 2.79. The molecular formula is C13H11N3OS. The average molecular weight is 257 g/mol. The van der Waals surface area contributed by atoms with Crippen molar-refractivity contribution in [2.24, 2.45) is 0 Å². The summed E-state index contributed by atoms with van der Waals surface area (Å²) in [4.78, 5) is 11.4. The van der Waals surface area contributed by atoms with E-state index in [2.05, 4.69) is 15.0 Å². The molecule has 0 amide bonds. The molecule has 1 unspecified atom stereocenters. The van der Waals surface area contributed by atoms with Crippen molar-refractivity contribution in [2.75, 3.05) is 0 Å². The number of nitrogens with one attached hydrogen (secondary N) is 1. The van der Waals surface area contributed by atoms with E-state index in [1.165, 1.54) is 0 Å². The van der Waals surface area contributed by atoms with Crippen LogP contribution < -0.4 is 0 Å². The van der Waals surface area contributed by atoms with Gasteiger partial charge < -0.3 is 4.98 Å². The van der Waals surface area contributed by atoms with Crippen LogP contribution in [0.3, 0.4) is 0 Å². The number of hydrogen-bond donors (Lipinski definition) is 1. The lowest BCUT2D eigenvalue weighted by Crippen LogP contribution is -1.98. The fraction of sp³-hybridized carbons (Fsp3) is 0.0769. The van der Waals surface area contributed by atoms with E-state index in [4.69, 9.17) is 0 Å². The van der Waals surface area contributed by atoms with Crippen LogP contribution in [0.2, 0.25) is 0 Å². The Morgan fingerprint density at radius 3 is 2.78 bits per heavy atom. The van der Waals surface area contributed by atoms with Crippen molar-refractivity contribution in [1.29, 1.82) is 0 Å². The van der Waals surface area contributed by atoms with E-state index in [0.29, 0.717) is 10.9 Å². The molecule has 0 aliphatic heterocycles. The summed E-state index contributed by atoms with van der Waals surface area (Å²) in [6.07, 6.45) is 3.36. The maximum Gasteiger partial charge on any atom is 0.197 e. The van der Waals surface area contributed by atoms with Crippen molar-refractivity contribution >= 4 is 21.8 Å². The highest BCUT2D eigenvalue weighted by Crippen LogP contribution is 2.14. The molecule has 0 aliphatic carbocycles. The Bertz CT molecular complexity index is 661. The molecule has 1 atom stereocenters. The number of aromatic amines is 1. The summed E-state index contributed by atoms with van der Waals surface area (Å²) in [7, 11) is -1.16. The minimum atomic E-state index is -1.16. The largest absolute Gasteiger partial charge is 0.330 e. The molecule has 0 aliphatic rings. The molecule has 5 heteroatoms. The van der Waals surface area contributed by atoms with Crippen molar-refractivity contribution in [2.45, 2.75) is 10.9 Å². The van der Waals surface area contributed by atoms with Gasteiger partial charge in [-0.3, -0.25) is 9.19 Å². The van der Waals surface area contributed by atoms with Crippen molar-refractivity contribution in [3.8, 4) is 0 Å². The summed E-state index contributed by atoms with van der Waals surface area (Å²) in [5.74, 6) is 0.466. The van der Waals surface area contributed by atoms with E-state index >= 15 is 0 Å². The van der Waals surface area contributed by atoms with Gasteiger partial charge in [-0.25, -0.2) is 4.98 Å². The lowest BCUT2D eigenvalue weighted by Gasteiger charge is -1.98. The first-order valence-corrected chi connectivity index (χ1v) is 6.87. The van der Waals surface area contributed by atoms with Gasteiger partial charge in [0.1, 0.15) is 0 Å². The van der Waals surface area contributed by atoms with Gasteiger partial charge in [0, 0.05) is 6.20 Å². The summed E-state index contributed by atoms with van der Waals surface area (Å²) in [6, 6.07) is 11.5. The third-order valence-electron chi connectivity index (χ3n) is 2.62. The normalized spacial score (nSPS) is 12.7. The first kappa shape index (κ1) is 11.1.